The molecule has 0 bridgehead atoms. The first-order valence-electron chi connectivity index (χ1n) is 8.83. The molecule has 2 aromatic rings. The molecular formula is C21H25NO3. The topological polar surface area (TPSA) is 49.8 Å². The SMILES string of the molecule is COC(CC1CCN(c2ccc(C(=O)O)cc2)CC1)c1ccccc1. The molecule has 0 aromatic heterocycles. The van der Waals surface area contributed by atoms with Gasteiger partial charge in [0.05, 0.1) is 11.7 Å². The third-order valence-corrected chi connectivity index (χ3v) is 5.10. The summed E-state index contributed by atoms with van der Waals surface area (Å²) in [5, 5.41) is 9.00. The van der Waals surface area contributed by atoms with Crippen molar-refractivity contribution in [3.8, 4) is 0 Å². The van der Waals surface area contributed by atoms with Crippen LogP contribution < -0.4 is 4.90 Å². The van der Waals surface area contributed by atoms with Crippen LogP contribution in [0.2, 0.25) is 0 Å². The highest BCUT2D eigenvalue weighted by Gasteiger charge is 2.23. The number of carboxylic acid groups (broad SMARTS) is 1. The quantitative estimate of drug-likeness (QED) is 0.848. The summed E-state index contributed by atoms with van der Waals surface area (Å²) in [6.07, 6.45) is 3.47. The molecule has 0 saturated carbocycles. The Kier molecular flexibility index (Phi) is 5.71. The summed E-state index contributed by atoms with van der Waals surface area (Å²) < 4.78 is 5.72. The predicted molar refractivity (Wildman–Crippen MR) is 99.1 cm³/mol. The molecular weight excluding hydrogens is 314 g/mol. The average Bonchev–Trinajstić information content (AvgIpc) is 2.67. The number of benzene rings is 2. The molecule has 1 N–H and O–H groups in total. The van der Waals surface area contributed by atoms with Gasteiger partial charge in [0.2, 0.25) is 0 Å². The fourth-order valence-electron chi connectivity index (χ4n) is 3.58. The lowest BCUT2D eigenvalue weighted by Crippen LogP contribution is -2.34. The summed E-state index contributed by atoms with van der Waals surface area (Å²) in [6.45, 7) is 2.00. The van der Waals surface area contributed by atoms with Crippen molar-refractivity contribution in [2.45, 2.75) is 25.4 Å². The highest BCUT2D eigenvalue weighted by Crippen LogP contribution is 2.31. The smallest absolute Gasteiger partial charge is 0.335 e. The zero-order valence-electron chi connectivity index (χ0n) is 14.6. The minimum Gasteiger partial charge on any atom is -0.478 e. The lowest BCUT2D eigenvalue weighted by Gasteiger charge is -2.35. The molecule has 25 heavy (non-hydrogen) atoms. The number of hydrogen-bond acceptors (Lipinski definition) is 3. The van der Waals surface area contributed by atoms with Crippen molar-refractivity contribution in [3.63, 3.8) is 0 Å². The molecule has 2 aromatic carbocycles. The Labute approximate surface area is 149 Å². The second kappa shape index (κ2) is 8.17. The second-order valence-electron chi connectivity index (χ2n) is 6.65. The van der Waals surface area contributed by atoms with Crippen LogP contribution in [-0.4, -0.2) is 31.3 Å². The van der Waals surface area contributed by atoms with Crippen molar-refractivity contribution >= 4 is 11.7 Å². The number of carboxylic acids is 1. The van der Waals surface area contributed by atoms with Crippen LogP contribution in [0.15, 0.2) is 54.6 Å². The molecule has 4 heteroatoms. The van der Waals surface area contributed by atoms with E-state index in [1.54, 1.807) is 19.2 Å². The number of piperidine rings is 1. The number of nitrogens with zero attached hydrogens (tertiary/aromatic N) is 1. The molecule has 1 aliphatic rings. The average molecular weight is 339 g/mol. The molecule has 132 valence electrons. The van der Waals surface area contributed by atoms with Crippen LogP contribution in [0.3, 0.4) is 0 Å². The monoisotopic (exact) mass is 339 g/mol. The molecule has 1 saturated heterocycles. The van der Waals surface area contributed by atoms with Crippen molar-refractivity contribution in [3.05, 3.63) is 65.7 Å². The first-order valence-corrected chi connectivity index (χ1v) is 8.83. The molecule has 0 aliphatic carbocycles. The second-order valence-corrected chi connectivity index (χ2v) is 6.65. The van der Waals surface area contributed by atoms with Gasteiger partial charge < -0.3 is 14.7 Å². The fraction of sp³-hybridized carbons (Fsp3) is 0.381. The van der Waals surface area contributed by atoms with Crippen molar-refractivity contribution in [2.24, 2.45) is 5.92 Å². The minimum absolute atomic E-state index is 0.160. The zero-order chi connectivity index (χ0) is 17.6. The van der Waals surface area contributed by atoms with Crippen LogP contribution in [0, 0.1) is 5.92 Å². The number of anilines is 1. The molecule has 1 atom stereocenters. The lowest BCUT2D eigenvalue weighted by atomic mass is 9.88. The summed E-state index contributed by atoms with van der Waals surface area (Å²) in [6, 6.07) is 17.6. The summed E-state index contributed by atoms with van der Waals surface area (Å²) in [5.74, 6) is -0.225. The molecule has 4 nitrogen and oxygen atoms in total. The molecule has 1 aliphatic heterocycles. The summed E-state index contributed by atoms with van der Waals surface area (Å²) >= 11 is 0. The van der Waals surface area contributed by atoms with Gasteiger partial charge in [-0.15, -0.1) is 0 Å². The van der Waals surface area contributed by atoms with Crippen molar-refractivity contribution in [1.82, 2.24) is 0 Å². The molecule has 3 rings (SSSR count). The van der Waals surface area contributed by atoms with E-state index in [0.717, 1.165) is 38.0 Å². The molecule has 1 unspecified atom stereocenters. The van der Waals surface area contributed by atoms with E-state index in [-0.39, 0.29) is 6.10 Å². The van der Waals surface area contributed by atoms with Gasteiger partial charge in [0, 0.05) is 25.9 Å². The van der Waals surface area contributed by atoms with Gasteiger partial charge in [-0.2, -0.15) is 0 Å². The van der Waals surface area contributed by atoms with Gasteiger partial charge in [0.15, 0.2) is 0 Å². The Hall–Kier alpha value is -2.33. The standard InChI is InChI=1S/C21H25NO3/c1-25-20(17-5-3-2-4-6-17)15-16-11-13-22(14-12-16)19-9-7-18(8-10-19)21(23)24/h2-10,16,20H,11-15H2,1H3,(H,23,24). The minimum atomic E-state index is -0.878. The summed E-state index contributed by atoms with van der Waals surface area (Å²) in [4.78, 5) is 13.3. The van der Waals surface area contributed by atoms with E-state index in [0.29, 0.717) is 11.5 Å². The Bertz CT molecular complexity index is 676. The maximum atomic E-state index is 11.0. The largest absolute Gasteiger partial charge is 0.478 e. The fourth-order valence-corrected chi connectivity index (χ4v) is 3.58. The number of aromatic carboxylic acids is 1. The summed E-state index contributed by atoms with van der Waals surface area (Å²) in [7, 11) is 1.79. The number of rotatable bonds is 6. The lowest BCUT2D eigenvalue weighted by molar-refractivity contribution is 0.0697. The van der Waals surface area contributed by atoms with E-state index in [9.17, 15) is 4.79 Å². The highest BCUT2D eigenvalue weighted by atomic mass is 16.5. The number of ether oxygens (including phenoxy) is 1. The first kappa shape index (κ1) is 17.5. The van der Waals surface area contributed by atoms with Gasteiger partial charge in [-0.25, -0.2) is 4.79 Å². The third-order valence-electron chi connectivity index (χ3n) is 5.10. The van der Waals surface area contributed by atoms with Gasteiger partial charge in [0.25, 0.3) is 0 Å². The van der Waals surface area contributed by atoms with E-state index in [4.69, 9.17) is 9.84 Å². The van der Waals surface area contributed by atoms with E-state index >= 15 is 0 Å². The van der Waals surface area contributed by atoms with Crippen molar-refractivity contribution < 1.29 is 14.6 Å². The van der Waals surface area contributed by atoms with Gasteiger partial charge >= 0.3 is 5.97 Å². The molecule has 1 heterocycles. The third kappa shape index (κ3) is 4.40. The predicted octanol–water partition coefficient (Wildman–Crippen LogP) is 4.38. The van der Waals surface area contributed by atoms with Crippen LogP contribution in [0.4, 0.5) is 5.69 Å². The van der Waals surface area contributed by atoms with Crippen LogP contribution >= 0.6 is 0 Å². The maximum absolute atomic E-state index is 11.0. The van der Waals surface area contributed by atoms with Gasteiger partial charge in [-0.3, -0.25) is 0 Å². The number of hydrogen-bond donors (Lipinski definition) is 1. The van der Waals surface area contributed by atoms with Gasteiger partial charge in [-0.05, 0) is 55.0 Å². The molecule has 0 radical (unpaired) electrons. The maximum Gasteiger partial charge on any atom is 0.335 e. The number of carbonyl (C=O) groups is 1. The zero-order valence-corrected chi connectivity index (χ0v) is 14.6. The van der Waals surface area contributed by atoms with E-state index in [2.05, 4.69) is 29.2 Å². The van der Waals surface area contributed by atoms with Crippen molar-refractivity contribution in [1.29, 1.82) is 0 Å². The van der Waals surface area contributed by atoms with Crippen LogP contribution in [0.25, 0.3) is 0 Å². The Balaban J connectivity index is 1.55. The van der Waals surface area contributed by atoms with Gasteiger partial charge in [0.1, 0.15) is 0 Å². The van der Waals surface area contributed by atoms with Crippen LogP contribution in [0.5, 0.6) is 0 Å². The Morgan fingerprint density at radius 3 is 2.32 bits per heavy atom. The Morgan fingerprint density at radius 1 is 1.12 bits per heavy atom. The van der Waals surface area contributed by atoms with Gasteiger partial charge in [-0.1, -0.05) is 30.3 Å². The molecule has 0 spiro atoms. The highest BCUT2D eigenvalue weighted by molar-refractivity contribution is 5.88. The van der Waals surface area contributed by atoms with E-state index in [1.165, 1.54) is 5.56 Å². The number of methoxy groups -OCH3 is 1. The van der Waals surface area contributed by atoms with E-state index in [1.807, 2.05) is 18.2 Å². The molecule has 1 fully saturated rings. The normalized spacial score (nSPS) is 16.6. The Morgan fingerprint density at radius 2 is 1.76 bits per heavy atom. The van der Waals surface area contributed by atoms with Crippen LogP contribution in [-0.2, 0) is 4.74 Å². The molecule has 0 amide bonds. The first-order chi connectivity index (χ1) is 12.2. The van der Waals surface area contributed by atoms with Crippen LogP contribution in [0.1, 0.15) is 41.3 Å². The summed E-state index contributed by atoms with van der Waals surface area (Å²) in [5.41, 5.74) is 2.69. The van der Waals surface area contributed by atoms with Crippen molar-refractivity contribution in [2.75, 3.05) is 25.1 Å². The van der Waals surface area contributed by atoms with E-state index < -0.39 is 5.97 Å².